The molecular weight excluding hydrogens is 254 g/mol. The van der Waals surface area contributed by atoms with Crippen LogP contribution in [0.3, 0.4) is 0 Å². The molecule has 1 saturated carbocycles. The van der Waals surface area contributed by atoms with E-state index in [1.165, 1.54) is 6.42 Å². The van der Waals surface area contributed by atoms with Gasteiger partial charge in [0.2, 0.25) is 5.91 Å². The largest absolute Gasteiger partial charge is 0.466 e. The molecule has 3 rings (SSSR count). The number of nitrogens with zero attached hydrogens (tertiary/aromatic N) is 1. The van der Waals surface area contributed by atoms with Crippen LogP contribution < -0.4 is 5.32 Å². The highest BCUT2D eigenvalue weighted by Gasteiger charge is 2.36. The molecule has 2 aromatic rings. The molecule has 2 heterocycles. The molecule has 0 aromatic carbocycles. The Morgan fingerprint density at radius 2 is 2.35 bits per heavy atom. The van der Waals surface area contributed by atoms with Crippen LogP contribution in [0.2, 0.25) is 0 Å². The zero-order chi connectivity index (χ0) is 13.9. The summed E-state index contributed by atoms with van der Waals surface area (Å²) in [5, 5.41) is 9.50. The molecule has 1 amide bonds. The summed E-state index contributed by atoms with van der Waals surface area (Å²) in [4.78, 5) is 11.7. The fourth-order valence-electron chi connectivity index (χ4n) is 2.35. The van der Waals surface area contributed by atoms with E-state index in [2.05, 4.69) is 22.4 Å². The van der Waals surface area contributed by atoms with Crippen LogP contribution in [0.25, 0.3) is 0 Å². The molecule has 0 aliphatic heterocycles. The number of carbonyl (C=O) groups is 1. The fourth-order valence-corrected chi connectivity index (χ4v) is 2.35. The van der Waals surface area contributed by atoms with Crippen LogP contribution in [-0.2, 0) is 17.8 Å². The minimum Gasteiger partial charge on any atom is -0.466 e. The van der Waals surface area contributed by atoms with Gasteiger partial charge in [-0.15, -0.1) is 0 Å². The molecule has 1 aliphatic rings. The average Bonchev–Trinajstić information content (AvgIpc) is 2.92. The molecule has 0 bridgehead atoms. The molecule has 20 heavy (non-hydrogen) atoms. The molecule has 0 saturated heterocycles. The van der Waals surface area contributed by atoms with Gasteiger partial charge in [0.05, 0.1) is 12.2 Å². The highest BCUT2D eigenvalue weighted by atomic mass is 16.3. The van der Waals surface area contributed by atoms with E-state index in [-0.39, 0.29) is 5.91 Å². The van der Waals surface area contributed by atoms with E-state index in [9.17, 15) is 4.79 Å². The molecule has 1 fully saturated rings. The van der Waals surface area contributed by atoms with E-state index in [1.54, 1.807) is 6.20 Å². The van der Waals surface area contributed by atoms with Crippen LogP contribution in [0, 0.1) is 5.92 Å². The third-order valence-corrected chi connectivity index (χ3v) is 3.79. The third-order valence-electron chi connectivity index (χ3n) is 3.79. The lowest BCUT2D eigenvalue weighted by Crippen LogP contribution is -2.23. The molecule has 2 atom stereocenters. The lowest BCUT2D eigenvalue weighted by Gasteiger charge is -2.02. The zero-order valence-corrected chi connectivity index (χ0v) is 11.6. The van der Waals surface area contributed by atoms with E-state index in [0.29, 0.717) is 25.3 Å². The van der Waals surface area contributed by atoms with Gasteiger partial charge in [0.25, 0.3) is 0 Å². The van der Waals surface area contributed by atoms with Gasteiger partial charge >= 0.3 is 0 Å². The predicted octanol–water partition coefficient (Wildman–Crippen LogP) is 2.38. The summed E-state index contributed by atoms with van der Waals surface area (Å²) in [5.41, 5.74) is 0.904. The summed E-state index contributed by atoms with van der Waals surface area (Å²) in [5.74, 6) is 3.34. The average molecular weight is 273 g/mol. The van der Waals surface area contributed by atoms with Crippen molar-refractivity contribution in [1.82, 2.24) is 15.5 Å². The predicted molar refractivity (Wildman–Crippen MR) is 74.0 cm³/mol. The van der Waals surface area contributed by atoms with Gasteiger partial charge in [-0.25, -0.2) is 0 Å². The van der Waals surface area contributed by atoms with Gasteiger partial charge in [0, 0.05) is 25.0 Å². The van der Waals surface area contributed by atoms with E-state index in [4.69, 9.17) is 4.42 Å². The van der Waals surface area contributed by atoms with Crippen LogP contribution in [0.5, 0.6) is 0 Å². The molecule has 1 aliphatic carbocycles. The van der Waals surface area contributed by atoms with Crippen molar-refractivity contribution >= 4 is 5.91 Å². The smallest absolute Gasteiger partial charge is 0.220 e. The summed E-state index contributed by atoms with van der Waals surface area (Å²) in [7, 11) is 0. The van der Waals surface area contributed by atoms with Crippen LogP contribution in [0.4, 0.5) is 0 Å². The Morgan fingerprint density at radius 1 is 1.50 bits per heavy atom. The maximum absolute atomic E-state index is 11.7. The number of aryl methyl sites for hydroxylation is 1. The van der Waals surface area contributed by atoms with Crippen molar-refractivity contribution in [1.29, 1.82) is 0 Å². The number of rotatable bonds is 6. The Bertz CT molecular complexity index is 574. The Balaban J connectivity index is 1.42. The first-order valence-electron chi connectivity index (χ1n) is 7.06. The number of carbonyl (C=O) groups excluding carboxylic acids is 1. The zero-order valence-electron chi connectivity index (χ0n) is 11.6. The Labute approximate surface area is 117 Å². The van der Waals surface area contributed by atoms with Gasteiger partial charge in [-0.2, -0.15) is 5.10 Å². The second-order valence-corrected chi connectivity index (χ2v) is 5.48. The number of hydrogen-bond donors (Lipinski definition) is 2. The summed E-state index contributed by atoms with van der Waals surface area (Å²) >= 11 is 0. The second kappa shape index (κ2) is 5.53. The van der Waals surface area contributed by atoms with Gasteiger partial charge < -0.3 is 9.73 Å². The van der Waals surface area contributed by atoms with E-state index in [1.807, 2.05) is 18.2 Å². The van der Waals surface area contributed by atoms with Crippen molar-refractivity contribution in [3.63, 3.8) is 0 Å². The van der Waals surface area contributed by atoms with E-state index in [0.717, 1.165) is 23.1 Å². The topological polar surface area (TPSA) is 70.9 Å². The molecule has 2 unspecified atom stereocenters. The van der Waals surface area contributed by atoms with Crippen molar-refractivity contribution in [2.45, 2.75) is 38.6 Å². The molecule has 106 valence electrons. The van der Waals surface area contributed by atoms with Crippen molar-refractivity contribution < 1.29 is 9.21 Å². The van der Waals surface area contributed by atoms with Crippen LogP contribution in [0.15, 0.2) is 28.8 Å². The van der Waals surface area contributed by atoms with Gasteiger partial charge in [0.1, 0.15) is 11.5 Å². The summed E-state index contributed by atoms with van der Waals surface area (Å²) in [6.07, 6.45) is 3.99. The SMILES string of the molecule is CC1CC1c1ccc(CCC(=O)NCc2ccn[nH]2)o1. The first-order valence-corrected chi connectivity index (χ1v) is 7.06. The summed E-state index contributed by atoms with van der Waals surface area (Å²) < 4.78 is 5.78. The lowest BCUT2D eigenvalue weighted by molar-refractivity contribution is -0.121. The second-order valence-electron chi connectivity index (χ2n) is 5.48. The van der Waals surface area contributed by atoms with Crippen LogP contribution in [0.1, 0.15) is 42.9 Å². The Kier molecular flexibility index (Phi) is 3.58. The number of hydrogen-bond acceptors (Lipinski definition) is 3. The fraction of sp³-hybridized carbons (Fsp3) is 0.467. The maximum atomic E-state index is 11.7. The van der Waals surface area contributed by atoms with Crippen LogP contribution >= 0.6 is 0 Å². The number of aromatic nitrogens is 2. The van der Waals surface area contributed by atoms with Crippen LogP contribution in [-0.4, -0.2) is 16.1 Å². The van der Waals surface area contributed by atoms with Crippen molar-refractivity contribution in [2.75, 3.05) is 0 Å². The number of aromatic amines is 1. The minimum absolute atomic E-state index is 0.0253. The number of nitrogens with one attached hydrogen (secondary N) is 2. The molecule has 5 heteroatoms. The van der Waals surface area contributed by atoms with Crippen molar-refractivity contribution in [2.24, 2.45) is 5.92 Å². The Morgan fingerprint density at radius 3 is 3.05 bits per heavy atom. The lowest BCUT2D eigenvalue weighted by atomic mass is 10.2. The van der Waals surface area contributed by atoms with Gasteiger partial charge in [-0.1, -0.05) is 6.92 Å². The third kappa shape index (κ3) is 3.10. The molecule has 0 spiro atoms. The van der Waals surface area contributed by atoms with Crippen molar-refractivity contribution in [3.8, 4) is 0 Å². The summed E-state index contributed by atoms with van der Waals surface area (Å²) in [6.45, 7) is 2.72. The van der Waals surface area contributed by atoms with Crippen molar-refractivity contribution in [3.05, 3.63) is 41.6 Å². The number of furan rings is 1. The number of H-pyrrole nitrogens is 1. The maximum Gasteiger partial charge on any atom is 0.220 e. The van der Waals surface area contributed by atoms with E-state index < -0.39 is 0 Å². The molecule has 5 nitrogen and oxygen atoms in total. The normalized spacial score (nSPS) is 20.9. The molecule has 2 N–H and O–H groups in total. The summed E-state index contributed by atoms with van der Waals surface area (Å²) in [6, 6.07) is 5.88. The van der Waals surface area contributed by atoms with E-state index >= 15 is 0 Å². The standard InChI is InChI=1S/C15H19N3O2/c1-10-8-13(10)14-4-2-12(20-14)3-5-15(19)16-9-11-6-7-17-18-11/h2,4,6-7,10,13H,3,5,8-9H2,1H3,(H,16,19)(H,17,18). The highest BCUT2D eigenvalue weighted by Crippen LogP contribution is 2.47. The van der Waals surface area contributed by atoms with Gasteiger partial charge in [-0.05, 0) is 30.5 Å². The number of amides is 1. The molecular formula is C15H19N3O2. The molecule has 2 aromatic heterocycles. The highest BCUT2D eigenvalue weighted by molar-refractivity contribution is 5.76. The molecule has 0 radical (unpaired) electrons. The Hall–Kier alpha value is -2.04. The first kappa shape index (κ1) is 13.0. The van der Waals surface area contributed by atoms with Gasteiger partial charge in [-0.3, -0.25) is 9.89 Å². The quantitative estimate of drug-likeness (QED) is 0.848. The monoisotopic (exact) mass is 273 g/mol. The first-order chi connectivity index (χ1) is 9.72. The minimum atomic E-state index is 0.0253. The van der Waals surface area contributed by atoms with Gasteiger partial charge in [0.15, 0.2) is 0 Å².